The molecule has 0 aliphatic carbocycles. The quantitative estimate of drug-likeness (QED) is 0.834. The van der Waals surface area contributed by atoms with Crippen LogP contribution in [0.2, 0.25) is 0 Å². The summed E-state index contributed by atoms with van der Waals surface area (Å²) in [6, 6.07) is 4.79. The van der Waals surface area contributed by atoms with Gasteiger partial charge in [0.1, 0.15) is 5.75 Å². The summed E-state index contributed by atoms with van der Waals surface area (Å²) in [5.74, 6) is -0.226. The van der Waals surface area contributed by atoms with Gasteiger partial charge in [-0.05, 0) is 24.6 Å². The Morgan fingerprint density at radius 2 is 2.06 bits per heavy atom. The lowest BCUT2D eigenvalue weighted by Crippen LogP contribution is -2.31. The molecule has 0 spiro atoms. The zero-order chi connectivity index (χ0) is 13.7. The Morgan fingerprint density at radius 3 is 2.61 bits per heavy atom. The van der Waals surface area contributed by atoms with Crippen molar-refractivity contribution in [2.75, 3.05) is 20.6 Å². The lowest BCUT2D eigenvalue weighted by Gasteiger charge is -2.17. The van der Waals surface area contributed by atoms with Crippen molar-refractivity contribution in [1.29, 1.82) is 0 Å². The maximum atomic E-state index is 12.0. The molecule has 0 saturated heterocycles. The molecular formula is C13H18N2O3. The zero-order valence-corrected chi connectivity index (χ0v) is 10.9. The predicted octanol–water partition coefficient (Wildman–Crippen LogP) is 0.909. The third kappa shape index (κ3) is 3.48. The second-order valence-corrected chi connectivity index (χ2v) is 4.15. The maximum Gasteiger partial charge on any atom is 0.253 e. The molecule has 0 aliphatic heterocycles. The fraction of sp³-hybridized carbons (Fsp3) is 0.385. The van der Waals surface area contributed by atoms with Crippen molar-refractivity contribution < 1.29 is 14.7 Å². The Balaban J connectivity index is 2.68. The van der Waals surface area contributed by atoms with E-state index >= 15 is 0 Å². The molecule has 5 nitrogen and oxygen atoms in total. The number of nitrogens with zero attached hydrogens (tertiary/aromatic N) is 1. The van der Waals surface area contributed by atoms with E-state index in [2.05, 4.69) is 5.32 Å². The number of amides is 2. The lowest BCUT2D eigenvalue weighted by atomic mass is 10.1. The smallest absolute Gasteiger partial charge is 0.253 e. The van der Waals surface area contributed by atoms with Crippen LogP contribution < -0.4 is 5.32 Å². The lowest BCUT2D eigenvalue weighted by molar-refractivity contribution is -0.120. The molecule has 0 saturated carbocycles. The van der Waals surface area contributed by atoms with Crippen molar-refractivity contribution in [2.45, 2.75) is 13.3 Å². The summed E-state index contributed by atoms with van der Waals surface area (Å²) < 4.78 is 0. The molecule has 1 aromatic carbocycles. The van der Waals surface area contributed by atoms with Crippen LogP contribution in [-0.4, -0.2) is 42.5 Å². The van der Waals surface area contributed by atoms with Crippen LogP contribution in [0.15, 0.2) is 18.2 Å². The number of hydrogen-bond acceptors (Lipinski definition) is 3. The van der Waals surface area contributed by atoms with Gasteiger partial charge in [-0.1, -0.05) is 6.07 Å². The topological polar surface area (TPSA) is 69.6 Å². The Kier molecular flexibility index (Phi) is 4.71. The molecular weight excluding hydrogens is 232 g/mol. The van der Waals surface area contributed by atoms with Crippen LogP contribution in [0.4, 0.5) is 0 Å². The van der Waals surface area contributed by atoms with Gasteiger partial charge in [0.2, 0.25) is 5.91 Å². The van der Waals surface area contributed by atoms with Crippen LogP contribution >= 0.6 is 0 Å². The number of carbonyl (C=O) groups excluding carboxylic acids is 2. The van der Waals surface area contributed by atoms with Gasteiger partial charge in [-0.25, -0.2) is 0 Å². The number of carbonyl (C=O) groups is 2. The van der Waals surface area contributed by atoms with Crippen molar-refractivity contribution in [3.05, 3.63) is 29.3 Å². The van der Waals surface area contributed by atoms with E-state index in [9.17, 15) is 14.7 Å². The van der Waals surface area contributed by atoms with Crippen molar-refractivity contribution in [2.24, 2.45) is 0 Å². The van der Waals surface area contributed by atoms with Gasteiger partial charge in [0.25, 0.3) is 5.91 Å². The van der Waals surface area contributed by atoms with Crippen LogP contribution in [0.5, 0.6) is 5.75 Å². The van der Waals surface area contributed by atoms with Crippen LogP contribution in [0.1, 0.15) is 22.3 Å². The first-order valence-corrected chi connectivity index (χ1v) is 5.71. The average Bonchev–Trinajstić information content (AvgIpc) is 2.37. The molecule has 98 valence electrons. The first-order valence-electron chi connectivity index (χ1n) is 5.71. The van der Waals surface area contributed by atoms with Gasteiger partial charge >= 0.3 is 0 Å². The minimum atomic E-state index is -0.214. The van der Waals surface area contributed by atoms with Gasteiger partial charge in [-0.3, -0.25) is 9.59 Å². The highest BCUT2D eigenvalue weighted by molar-refractivity contribution is 5.94. The fourth-order valence-corrected chi connectivity index (χ4v) is 1.46. The Bertz CT molecular complexity index is 458. The van der Waals surface area contributed by atoms with E-state index in [1.54, 1.807) is 33.2 Å². The highest BCUT2D eigenvalue weighted by Crippen LogP contribution is 2.18. The van der Waals surface area contributed by atoms with E-state index in [0.717, 1.165) is 5.56 Å². The minimum absolute atomic E-state index is 0.0977. The molecule has 0 atom stereocenters. The minimum Gasteiger partial charge on any atom is -0.508 e. The Morgan fingerprint density at radius 1 is 1.39 bits per heavy atom. The van der Waals surface area contributed by atoms with Crippen molar-refractivity contribution in [3.8, 4) is 5.75 Å². The standard InChI is InChI=1S/C13H18N2O3/c1-9-4-5-10(8-11(9)16)13(18)15(3)7-6-12(17)14-2/h4-5,8,16H,6-7H2,1-3H3,(H,14,17). The SMILES string of the molecule is CNC(=O)CCN(C)C(=O)c1ccc(C)c(O)c1. The Labute approximate surface area is 106 Å². The van der Waals surface area contributed by atoms with E-state index in [-0.39, 0.29) is 24.0 Å². The van der Waals surface area contributed by atoms with E-state index < -0.39 is 0 Å². The maximum absolute atomic E-state index is 12.0. The molecule has 0 bridgehead atoms. The van der Waals surface area contributed by atoms with Crippen LogP contribution in [-0.2, 0) is 4.79 Å². The average molecular weight is 250 g/mol. The largest absolute Gasteiger partial charge is 0.508 e. The van der Waals surface area contributed by atoms with Crippen LogP contribution in [0, 0.1) is 6.92 Å². The predicted molar refractivity (Wildman–Crippen MR) is 68.5 cm³/mol. The number of phenols is 1. The third-order valence-corrected chi connectivity index (χ3v) is 2.76. The van der Waals surface area contributed by atoms with E-state index in [1.165, 1.54) is 11.0 Å². The number of nitrogens with one attached hydrogen (secondary N) is 1. The molecule has 2 N–H and O–H groups in total. The van der Waals surface area contributed by atoms with Crippen molar-refractivity contribution >= 4 is 11.8 Å². The van der Waals surface area contributed by atoms with Crippen molar-refractivity contribution in [3.63, 3.8) is 0 Å². The second-order valence-electron chi connectivity index (χ2n) is 4.15. The fourth-order valence-electron chi connectivity index (χ4n) is 1.46. The number of aryl methyl sites for hydroxylation is 1. The molecule has 1 rings (SSSR count). The van der Waals surface area contributed by atoms with Gasteiger partial charge in [-0.15, -0.1) is 0 Å². The monoisotopic (exact) mass is 250 g/mol. The van der Waals surface area contributed by atoms with E-state index in [0.29, 0.717) is 12.1 Å². The Hall–Kier alpha value is -2.04. The molecule has 0 heterocycles. The molecule has 0 aromatic heterocycles. The first-order chi connectivity index (χ1) is 8.45. The first kappa shape index (κ1) is 14.0. The number of rotatable bonds is 4. The number of phenolic OH excluding ortho intramolecular Hbond substituents is 1. The van der Waals surface area contributed by atoms with Gasteiger partial charge < -0.3 is 15.3 Å². The van der Waals surface area contributed by atoms with Crippen LogP contribution in [0.25, 0.3) is 0 Å². The van der Waals surface area contributed by atoms with Gasteiger partial charge in [0.15, 0.2) is 0 Å². The third-order valence-electron chi connectivity index (χ3n) is 2.76. The highest BCUT2D eigenvalue weighted by Gasteiger charge is 2.13. The number of hydrogen-bond donors (Lipinski definition) is 2. The summed E-state index contributed by atoms with van der Waals surface area (Å²) in [5, 5.41) is 12.1. The van der Waals surface area contributed by atoms with Gasteiger partial charge in [0.05, 0.1) is 0 Å². The molecule has 0 fully saturated rings. The summed E-state index contributed by atoms with van der Waals surface area (Å²) >= 11 is 0. The summed E-state index contributed by atoms with van der Waals surface area (Å²) in [7, 11) is 3.18. The molecule has 18 heavy (non-hydrogen) atoms. The summed E-state index contributed by atoms with van der Waals surface area (Å²) in [6.07, 6.45) is 0.260. The summed E-state index contributed by atoms with van der Waals surface area (Å²) in [4.78, 5) is 24.5. The molecule has 0 radical (unpaired) electrons. The normalized spacial score (nSPS) is 9.94. The molecule has 5 heteroatoms. The summed E-state index contributed by atoms with van der Waals surface area (Å²) in [5.41, 5.74) is 1.14. The van der Waals surface area contributed by atoms with Gasteiger partial charge in [-0.2, -0.15) is 0 Å². The highest BCUT2D eigenvalue weighted by atomic mass is 16.3. The van der Waals surface area contributed by atoms with E-state index in [4.69, 9.17) is 0 Å². The molecule has 0 aliphatic rings. The zero-order valence-electron chi connectivity index (χ0n) is 10.9. The second kappa shape index (κ2) is 6.05. The molecule has 2 amide bonds. The van der Waals surface area contributed by atoms with Gasteiger partial charge in [0, 0.05) is 32.6 Å². The van der Waals surface area contributed by atoms with Crippen LogP contribution in [0.3, 0.4) is 0 Å². The number of aromatic hydroxyl groups is 1. The summed E-state index contributed by atoms with van der Waals surface area (Å²) in [6.45, 7) is 2.10. The molecule has 1 aromatic rings. The van der Waals surface area contributed by atoms with E-state index in [1.807, 2.05) is 0 Å². The van der Waals surface area contributed by atoms with Crippen molar-refractivity contribution in [1.82, 2.24) is 10.2 Å². The molecule has 0 unspecified atom stereocenters. The number of benzene rings is 1.